The molecule has 0 aliphatic heterocycles. The van der Waals surface area contributed by atoms with Gasteiger partial charge in [-0.3, -0.25) is 4.79 Å². The largest absolute Gasteiger partial charge is 0.351 e. The lowest BCUT2D eigenvalue weighted by Crippen LogP contribution is -2.35. The van der Waals surface area contributed by atoms with Crippen LogP contribution in [0.15, 0.2) is 24.8 Å². The summed E-state index contributed by atoms with van der Waals surface area (Å²) in [6, 6.07) is 4.57. The molecule has 0 radical (unpaired) electrons. The van der Waals surface area contributed by atoms with E-state index in [-0.39, 0.29) is 23.7 Å². The van der Waals surface area contributed by atoms with E-state index >= 15 is 0 Å². The third-order valence-corrected chi connectivity index (χ3v) is 3.02. The fourth-order valence-electron chi connectivity index (χ4n) is 1.77. The highest BCUT2D eigenvalue weighted by Crippen LogP contribution is 2.34. The van der Waals surface area contributed by atoms with E-state index in [0.717, 1.165) is 12.8 Å². The molecule has 2 rings (SSSR count). The molecule has 1 N–H and O–H groups in total. The monoisotopic (exact) mass is 233 g/mol. The normalized spacial score (nSPS) is 16.4. The average Bonchev–Trinajstić information content (AvgIpc) is 2.94. The summed E-state index contributed by atoms with van der Waals surface area (Å²) in [6.45, 7) is 5.61. The van der Waals surface area contributed by atoms with E-state index in [4.69, 9.17) is 0 Å². The zero-order valence-corrected chi connectivity index (χ0v) is 9.92. The molecule has 0 aromatic heterocycles. The first-order valence-electron chi connectivity index (χ1n) is 5.74. The second-order valence-corrected chi connectivity index (χ2v) is 4.88. The molecule has 1 saturated carbocycles. The van der Waals surface area contributed by atoms with Gasteiger partial charge in [0, 0.05) is 5.54 Å². The number of amides is 1. The summed E-state index contributed by atoms with van der Waals surface area (Å²) in [4.78, 5) is 11.7. The second kappa shape index (κ2) is 4.32. The zero-order valence-electron chi connectivity index (χ0n) is 9.92. The molecule has 1 aromatic rings. The molecule has 0 bridgehead atoms. The molecule has 3 heteroatoms. The molecule has 0 spiro atoms. The van der Waals surface area contributed by atoms with Gasteiger partial charge >= 0.3 is 0 Å². The molecular weight excluding hydrogens is 217 g/mol. The maximum absolute atomic E-state index is 13.2. The molecule has 0 atom stereocenters. The number of halogens is 1. The van der Waals surface area contributed by atoms with Crippen LogP contribution in [0.25, 0.3) is 6.08 Å². The lowest BCUT2D eigenvalue weighted by atomic mass is 10.1. The predicted molar refractivity (Wildman–Crippen MR) is 66.0 cm³/mol. The summed E-state index contributed by atoms with van der Waals surface area (Å²) in [7, 11) is 0. The molecule has 0 heterocycles. The average molecular weight is 233 g/mol. The quantitative estimate of drug-likeness (QED) is 0.851. The highest BCUT2D eigenvalue weighted by molar-refractivity contribution is 5.80. The number of carbonyl (C=O) groups is 1. The fraction of sp³-hybridized carbons (Fsp3) is 0.357. The Morgan fingerprint density at radius 2 is 2.24 bits per heavy atom. The van der Waals surface area contributed by atoms with E-state index in [1.807, 2.05) is 6.92 Å². The number of hydrogen-bond acceptors (Lipinski definition) is 1. The van der Waals surface area contributed by atoms with Gasteiger partial charge in [0.15, 0.2) is 0 Å². The summed E-state index contributed by atoms with van der Waals surface area (Å²) < 4.78 is 13.2. The van der Waals surface area contributed by atoms with Gasteiger partial charge in [0.05, 0.1) is 6.42 Å². The molecule has 0 saturated heterocycles. The van der Waals surface area contributed by atoms with Gasteiger partial charge in [0.2, 0.25) is 5.91 Å². The van der Waals surface area contributed by atoms with Gasteiger partial charge in [-0.15, -0.1) is 0 Å². The Bertz CT molecular complexity index is 463. The van der Waals surface area contributed by atoms with Crippen LogP contribution in [0.2, 0.25) is 0 Å². The van der Waals surface area contributed by atoms with Crippen LogP contribution >= 0.6 is 0 Å². The van der Waals surface area contributed by atoms with Gasteiger partial charge < -0.3 is 5.32 Å². The standard InChI is InChI=1S/C14H16FNO/c1-3-10-6-11(8-12(15)7-10)9-13(17)16-14(2)4-5-14/h3,6-8H,1,4-5,9H2,2H3,(H,16,17). The summed E-state index contributed by atoms with van der Waals surface area (Å²) in [5, 5.41) is 2.95. The van der Waals surface area contributed by atoms with Crippen molar-refractivity contribution in [2.75, 3.05) is 0 Å². The number of nitrogens with one attached hydrogen (secondary N) is 1. The van der Waals surface area contributed by atoms with E-state index in [1.165, 1.54) is 12.1 Å². The van der Waals surface area contributed by atoms with Crippen LogP contribution in [-0.4, -0.2) is 11.4 Å². The zero-order chi connectivity index (χ0) is 12.5. The molecule has 2 nitrogen and oxygen atoms in total. The summed E-state index contributed by atoms with van der Waals surface area (Å²) in [5.41, 5.74) is 1.36. The van der Waals surface area contributed by atoms with Gasteiger partial charge in [0.1, 0.15) is 5.82 Å². The molecule has 1 aromatic carbocycles. The van der Waals surface area contributed by atoms with Crippen molar-refractivity contribution in [2.24, 2.45) is 0 Å². The van der Waals surface area contributed by atoms with Crippen molar-refractivity contribution in [3.8, 4) is 0 Å². The van der Waals surface area contributed by atoms with Gasteiger partial charge in [0.25, 0.3) is 0 Å². The van der Waals surface area contributed by atoms with Gasteiger partial charge in [-0.05, 0) is 43.0 Å². The fourth-order valence-corrected chi connectivity index (χ4v) is 1.77. The van der Waals surface area contributed by atoms with Crippen LogP contribution in [0.4, 0.5) is 4.39 Å². The summed E-state index contributed by atoms with van der Waals surface area (Å²) in [5.74, 6) is -0.381. The van der Waals surface area contributed by atoms with Crippen LogP contribution < -0.4 is 5.32 Å². The van der Waals surface area contributed by atoms with Crippen LogP contribution in [0.1, 0.15) is 30.9 Å². The van der Waals surface area contributed by atoms with Gasteiger partial charge in [-0.2, -0.15) is 0 Å². The Balaban J connectivity index is 2.04. The predicted octanol–water partition coefficient (Wildman–Crippen LogP) is 2.68. The maximum Gasteiger partial charge on any atom is 0.224 e. The van der Waals surface area contributed by atoms with Crippen molar-refractivity contribution in [1.82, 2.24) is 5.32 Å². The highest BCUT2D eigenvalue weighted by Gasteiger charge is 2.38. The summed E-state index contributed by atoms with van der Waals surface area (Å²) >= 11 is 0. The van der Waals surface area contributed by atoms with E-state index in [9.17, 15) is 9.18 Å². The van der Waals surface area contributed by atoms with Crippen LogP contribution in [0, 0.1) is 5.82 Å². The third kappa shape index (κ3) is 3.16. The summed E-state index contributed by atoms with van der Waals surface area (Å²) in [6.07, 6.45) is 3.85. The van der Waals surface area contributed by atoms with Crippen molar-refractivity contribution in [2.45, 2.75) is 31.7 Å². The van der Waals surface area contributed by atoms with Gasteiger partial charge in [-0.25, -0.2) is 4.39 Å². The van der Waals surface area contributed by atoms with Gasteiger partial charge in [-0.1, -0.05) is 18.7 Å². The number of benzene rings is 1. The molecule has 1 amide bonds. The van der Waals surface area contributed by atoms with Crippen LogP contribution in [0.5, 0.6) is 0 Å². The molecule has 90 valence electrons. The van der Waals surface area contributed by atoms with E-state index in [2.05, 4.69) is 11.9 Å². The lowest BCUT2D eigenvalue weighted by Gasteiger charge is -2.11. The van der Waals surface area contributed by atoms with Crippen molar-refractivity contribution in [1.29, 1.82) is 0 Å². The second-order valence-electron chi connectivity index (χ2n) is 4.88. The van der Waals surface area contributed by atoms with E-state index < -0.39 is 0 Å². The Morgan fingerprint density at radius 1 is 1.53 bits per heavy atom. The van der Waals surface area contributed by atoms with Crippen molar-refractivity contribution in [3.63, 3.8) is 0 Å². The SMILES string of the molecule is C=Cc1cc(F)cc(CC(=O)NC2(C)CC2)c1. The van der Waals surface area contributed by atoms with E-state index in [0.29, 0.717) is 11.1 Å². The molecule has 1 aliphatic carbocycles. The first-order valence-corrected chi connectivity index (χ1v) is 5.74. The Kier molecular flexibility index (Phi) is 3.01. The van der Waals surface area contributed by atoms with Crippen LogP contribution in [-0.2, 0) is 11.2 Å². The minimum atomic E-state index is -0.331. The number of hydrogen-bond donors (Lipinski definition) is 1. The topological polar surface area (TPSA) is 29.1 Å². The van der Waals surface area contributed by atoms with Crippen molar-refractivity contribution in [3.05, 3.63) is 41.7 Å². The van der Waals surface area contributed by atoms with E-state index in [1.54, 1.807) is 12.1 Å². The lowest BCUT2D eigenvalue weighted by molar-refractivity contribution is -0.121. The maximum atomic E-state index is 13.2. The minimum absolute atomic E-state index is 0.0221. The molecule has 17 heavy (non-hydrogen) atoms. The molecule has 1 aliphatic rings. The Hall–Kier alpha value is -1.64. The third-order valence-electron chi connectivity index (χ3n) is 3.02. The smallest absolute Gasteiger partial charge is 0.224 e. The van der Waals surface area contributed by atoms with Crippen LogP contribution in [0.3, 0.4) is 0 Å². The number of rotatable bonds is 4. The first kappa shape index (κ1) is 11.8. The minimum Gasteiger partial charge on any atom is -0.351 e. The molecular formula is C14H16FNO. The Labute approximate surface area is 101 Å². The first-order chi connectivity index (χ1) is 8.00. The highest BCUT2D eigenvalue weighted by atomic mass is 19.1. The van der Waals surface area contributed by atoms with Crippen molar-refractivity contribution < 1.29 is 9.18 Å². The molecule has 0 unspecified atom stereocenters. The number of carbonyl (C=O) groups excluding carboxylic acids is 1. The van der Waals surface area contributed by atoms with Crippen molar-refractivity contribution >= 4 is 12.0 Å². The Morgan fingerprint density at radius 3 is 2.82 bits per heavy atom. The molecule has 1 fully saturated rings.